The quantitative estimate of drug-likeness (QED) is 0.238. The van der Waals surface area contributed by atoms with E-state index < -0.39 is 0 Å². The standard InChI is InChI=1S/C15H24FN5S.HI/c1-10-12(9-20-21-10)8-19-15(17-2)18-7-11-6-13(16)4-5-14(11)22-3;/h4-6,10,12,20-21H,7-9H2,1-3H3,(H2,17,18,19);1H. The van der Waals surface area contributed by atoms with Crippen LogP contribution in [0.4, 0.5) is 4.39 Å². The van der Waals surface area contributed by atoms with Gasteiger partial charge in [0.2, 0.25) is 0 Å². The number of rotatable bonds is 5. The smallest absolute Gasteiger partial charge is 0.191 e. The molecule has 1 aliphatic heterocycles. The lowest BCUT2D eigenvalue weighted by atomic mass is 10.0. The van der Waals surface area contributed by atoms with Gasteiger partial charge in [-0.15, -0.1) is 35.7 Å². The number of thioether (sulfide) groups is 1. The van der Waals surface area contributed by atoms with Crippen LogP contribution in [-0.2, 0) is 6.54 Å². The van der Waals surface area contributed by atoms with E-state index in [1.807, 2.05) is 12.3 Å². The molecule has 2 atom stereocenters. The van der Waals surface area contributed by atoms with Crippen LogP contribution in [0.3, 0.4) is 0 Å². The Bertz CT molecular complexity index is 529. The van der Waals surface area contributed by atoms with Crippen LogP contribution in [0.25, 0.3) is 0 Å². The van der Waals surface area contributed by atoms with Gasteiger partial charge in [-0.05, 0) is 36.9 Å². The van der Waals surface area contributed by atoms with Crippen LogP contribution < -0.4 is 21.5 Å². The maximum absolute atomic E-state index is 13.4. The molecule has 0 saturated carbocycles. The summed E-state index contributed by atoms with van der Waals surface area (Å²) in [5.74, 6) is 1.03. The van der Waals surface area contributed by atoms with Crippen molar-refractivity contribution < 1.29 is 4.39 Å². The summed E-state index contributed by atoms with van der Waals surface area (Å²) >= 11 is 1.61. The molecular weight excluding hydrogens is 428 g/mol. The Morgan fingerprint density at radius 2 is 2.22 bits per heavy atom. The van der Waals surface area contributed by atoms with Gasteiger partial charge in [0.15, 0.2) is 5.96 Å². The zero-order valence-electron chi connectivity index (χ0n) is 13.6. The second-order valence-corrected chi connectivity index (χ2v) is 6.18. The summed E-state index contributed by atoms with van der Waals surface area (Å²) in [6, 6.07) is 5.30. The largest absolute Gasteiger partial charge is 0.356 e. The zero-order valence-corrected chi connectivity index (χ0v) is 16.8. The molecule has 1 fully saturated rings. The van der Waals surface area contributed by atoms with Crippen molar-refractivity contribution >= 4 is 41.7 Å². The summed E-state index contributed by atoms with van der Waals surface area (Å²) in [6.07, 6.45) is 1.99. The van der Waals surface area contributed by atoms with E-state index in [-0.39, 0.29) is 29.8 Å². The predicted octanol–water partition coefficient (Wildman–Crippen LogP) is 1.94. The maximum Gasteiger partial charge on any atom is 0.191 e. The van der Waals surface area contributed by atoms with Gasteiger partial charge in [-0.1, -0.05) is 0 Å². The summed E-state index contributed by atoms with van der Waals surface area (Å²) in [7, 11) is 1.74. The van der Waals surface area contributed by atoms with Crippen molar-refractivity contribution in [2.75, 3.05) is 26.4 Å². The monoisotopic (exact) mass is 453 g/mol. The van der Waals surface area contributed by atoms with E-state index in [9.17, 15) is 4.39 Å². The zero-order chi connectivity index (χ0) is 15.9. The number of guanidine groups is 1. The second-order valence-electron chi connectivity index (χ2n) is 5.34. The number of benzene rings is 1. The van der Waals surface area contributed by atoms with E-state index in [0.717, 1.165) is 29.5 Å². The highest BCUT2D eigenvalue weighted by Crippen LogP contribution is 2.21. The molecule has 5 nitrogen and oxygen atoms in total. The minimum absolute atomic E-state index is 0. The predicted molar refractivity (Wildman–Crippen MR) is 106 cm³/mol. The van der Waals surface area contributed by atoms with E-state index in [1.54, 1.807) is 24.9 Å². The number of hydrazine groups is 1. The third-order valence-electron chi connectivity index (χ3n) is 3.85. The molecule has 8 heteroatoms. The van der Waals surface area contributed by atoms with Gasteiger partial charge >= 0.3 is 0 Å². The second kappa shape index (κ2) is 10.3. The average Bonchev–Trinajstić information content (AvgIpc) is 2.93. The van der Waals surface area contributed by atoms with Crippen molar-refractivity contribution in [2.24, 2.45) is 10.9 Å². The summed E-state index contributed by atoms with van der Waals surface area (Å²) < 4.78 is 13.4. The molecule has 2 rings (SSSR count). The minimum Gasteiger partial charge on any atom is -0.356 e. The van der Waals surface area contributed by atoms with Crippen LogP contribution in [0.15, 0.2) is 28.1 Å². The fourth-order valence-electron chi connectivity index (χ4n) is 2.41. The van der Waals surface area contributed by atoms with Crippen LogP contribution in [0.5, 0.6) is 0 Å². The van der Waals surface area contributed by atoms with E-state index in [2.05, 4.69) is 33.4 Å². The van der Waals surface area contributed by atoms with Crippen molar-refractivity contribution in [1.82, 2.24) is 21.5 Å². The number of aliphatic imine (C=N–C) groups is 1. The third kappa shape index (κ3) is 6.09. The van der Waals surface area contributed by atoms with Gasteiger partial charge in [-0.3, -0.25) is 15.8 Å². The van der Waals surface area contributed by atoms with E-state index in [0.29, 0.717) is 18.5 Å². The lowest BCUT2D eigenvalue weighted by molar-refractivity contribution is 0.481. The first kappa shape index (κ1) is 20.5. The van der Waals surface area contributed by atoms with Crippen LogP contribution >= 0.6 is 35.7 Å². The average molecular weight is 453 g/mol. The molecule has 1 aliphatic rings. The van der Waals surface area contributed by atoms with Crippen molar-refractivity contribution in [3.63, 3.8) is 0 Å². The third-order valence-corrected chi connectivity index (χ3v) is 4.68. The molecule has 2 unspecified atom stereocenters. The van der Waals surface area contributed by atoms with Crippen molar-refractivity contribution in [3.05, 3.63) is 29.6 Å². The Hall–Kier alpha value is -0.580. The summed E-state index contributed by atoms with van der Waals surface area (Å²) in [4.78, 5) is 5.29. The van der Waals surface area contributed by atoms with E-state index in [4.69, 9.17) is 0 Å². The molecule has 0 spiro atoms. The van der Waals surface area contributed by atoms with Gasteiger partial charge < -0.3 is 10.6 Å². The molecule has 1 aromatic carbocycles. The lowest BCUT2D eigenvalue weighted by Gasteiger charge is -2.18. The minimum atomic E-state index is -0.213. The van der Waals surface area contributed by atoms with Crippen LogP contribution in [0, 0.1) is 11.7 Å². The Morgan fingerprint density at radius 1 is 1.43 bits per heavy atom. The Labute approximate surface area is 158 Å². The van der Waals surface area contributed by atoms with Gasteiger partial charge in [0, 0.05) is 43.5 Å². The van der Waals surface area contributed by atoms with Crippen molar-refractivity contribution in [2.45, 2.75) is 24.4 Å². The van der Waals surface area contributed by atoms with Crippen LogP contribution in [-0.4, -0.2) is 38.4 Å². The first-order chi connectivity index (χ1) is 10.6. The molecule has 0 aromatic heterocycles. The molecule has 0 radical (unpaired) electrons. The molecule has 130 valence electrons. The first-order valence-electron chi connectivity index (χ1n) is 7.39. The van der Waals surface area contributed by atoms with Gasteiger partial charge in [0.05, 0.1) is 0 Å². The SMILES string of the molecule is CN=C(NCc1cc(F)ccc1SC)NCC1CNNC1C.I. The lowest BCUT2D eigenvalue weighted by Crippen LogP contribution is -2.41. The number of hydrogen-bond acceptors (Lipinski definition) is 4. The molecule has 23 heavy (non-hydrogen) atoms. The molecule has 0 amide bonds. The fraction of sp³-hybridized carbons (Fsp3) is 0.533. The van der Waals surface area contributed by atoms with Crippen LogP contribution in [0.1, 0.15) is 12.5 Å². The molecular formula is C15H25FIN5S. The Morgan fingerprint density at radius 3 is 2.83 bits per heavy atom. The van der Waals surface area contributed by atoms with E-state index in [1.165, 1.54) is 6.07 Å². The van der Waals surface area contributed by atoms with Crippen LogP contribution in [0.2, 0.25) is 0 Å². The molecule has 1 saturated heterocycles. The first-order valence-corrected chi connectivity index (χ1v) is 8.62. The van der Waals surface area contributed by atoms with Crippen molar-refractivity contribution in [3.8, 4) is 0 Å². The topological polar surface area (TPSA) is 60.5 Å². The van der Waals surface area contributed by atoms with E-state index >= 15 is 0 Å². The molecule has 0 bridgehead atoms. The normalized spacial score (nSPS) is 21.0. The number of nitrogens with zero attached hydrogens (tertiary/aromatic N) is 1. The number of halogens is 2. The van der Waals surface area contributed by atoms with Gasteiger partial charge in [0.25, 0.3) is 0 Å². The Kier molecular flexibility index (Phi) is 9.18. The van der Waals surface area contributed by atoms with Gasteiger partial charge in [-0.2, -0.15) is 0 Å². The van der Waals surface area contributed by atoms with Gasteiger partial charge in [-0.25, -0.2) is 4.39 Å². The molecule has 4 N–H and O–H groups in total. The summed E-state index contributed by atoms with van der Waals surface area (Å²) in [5, 5.41) is 6.57. The summed E-state index contributed by atoms with van der Waals surface area (Å²) in [6.45, 7) is 4.47. The number of hydrogen-bond donors (Lipinski definition) is 4. The summed E-state index contributed by atoms with van der Waals surface area (Å²) in [5.41, 5.74) is 7.28. The highest BCUT2D eigenvalue weighted by Gasteiger charge is 2.22. The van der Waals surface area contributed by atoms with Gasteiger partial charge in [0.1, 0.15) is 5.82 Å². The highest BCUT2D eigenvalue weighted by molar-refractivity contribution is 14.0. The highest BCUT2D eigenvalue weighted by atomic mass is 127. The fourth-order valence-corrected chi connectivity index (χ4v) is 3.00. The van der Waals surface area contributed by atoms with Crippen molar-refractivity contribution in [1.29, 1.82) is 0 Å². The number of nitrogens with one attached hydrogen (secondary N) is 4. The molecule has 1 aromatic rings. The maximum atomic E-state index is 13.4. The molecule has 0 aliphatic carbocycles. The Balaban J connectivity index is 0.00000264. The molecule has 1 heterocycles.